The average Bonchev–Trinajstić information content (AvgIpc) is 2.46. The Morgan fingerprint density at radius 3 is 2.33 bits per heavy atom. The summed E-state index contributed by atoms with van der Waals surface area (Å²) < 4.78 is 10.0. The fourth-order valence-electron chi connectivity index (χ4n) is 1.77. The van der Waals surface area contributed by atoms with E-state index < -0.39 is 6.03 Å². The van der Waals surface area contributed by atoms with Crippen molar-refractivity contribution in [1.29, 1.82) is 0 Å². The third kappa shape index (κ3) is 5.80. The molecule has 0 aliphatic carbocycles. The quantitative estimate of drug-likeness (QED) is 0.745. The molecule has 3 amide bonds. The molecule has 0 aliphatic rings. The number of primary amides is 1. The molecule has 0 saturated carbocycles. The molecule has 7 nitrogen and oxygen atoms in total. The first-order valence-electron chi connectivity index (χ1n) is 6.52. The molecule has 1 aromatic carbocycles. The highest BCUT2D eigenvalue weighted by molar-refractivity contribution is 5.96. The van der Waals surface area contributed by atoms with Crippen LogP contribution in [0, 0.1) is 0 Å². The van der Waals surface area contributed by atoms with Gasteiger partial charge in [0.2, 0.25) is 0 Å². The summed E-state index contributed by atoms with van der Waals surface area (Å²) in [6, 6.07) is 5.94. The van der Waals surface area contributed by atoms with E-state index in [1.165, 1.54) is 0 Å². The van der Waals surface area contributed by atoms with E-state index in [0.717, 1.165) is 0 Å². The van der Waals surface area contributed by atoms with Gasteiger partial charge in [-0.3, -0.25) is 4.79 Å². The van der Waals surface area contributed by atoms with E-state index in [4.69, 9.17) is 15.2 Å². The highest BCUT2D eigenvalue weighted by atomic mass is 16.5. The van der Waals surface area contributed by atoms with Crippen LogP contribution in [0.5, 0.6) is 0 Å². The van der Waals surface area contributed by atoms with E-state index >= 15 is 0 Å². The molecule has 0 spiro atoms. The Balaban J connectivity index is 2.83. The lowest BCUT2D eigenvalue weighted by Gasteiger charge is -2.22. The van der Waals surface area contributed by atoms with Gasteiger partial charge in [-0.25, -0.2) is 4.79 Å². The number of methoxy groups -OCH3 is 2. The van der Waals surface area contributed by atoms with Crippen molar-refractivity contribution >= 4 is 17.6 Å². The van der Waals surface area contributed by atoms with Crippen LogP contribution >= 0.6 is 0 Å². The van der Waals surface area contributed by atoms with Gasteiger partial charge in [-0.2, -0.15) is 0 Å². The maximum Gasteiger partial charge on any atom is 0.316 e. The van der Waals surface area contributed by atoms with Crippen LogP contribution in [0.25, 0.3) is 0 Å². The normalized spacial score (nSPS) is 10.2. The zero-order chi connectivity index (χ0) is 15.7. The molecule has 7 heteroatoms. The van der Waals surface area contributed by atoms with Gasteiger partial charge in [0, 0.05) is 38.6 Å². The van der Waals surface area contributed by atoms with Crippen molar-refractivity contribution in [3.05, 3.63) is 29.8 Å². The van der Waals surface area contributed by atoms with E-state index in [9.17, 15) is 9.59 Å². The molecule has 3 N–H and O–H groups in total. The highest BCUT2D eigenvalue weighted by Crippen LogP contribution is 2.12. The van der Waals surface area contributed by atoms with Crippen molar-refractivity contribution in [3.8, 4) is 0 Å². The average molecular weight is 295 g/mol. The number of nitrogens with zero attached hydrogens (tertiary/aromatic N) is 1. The first-order chi connectivity index (χ1) is 10.1. The van der Waals surface area contributed by atoms with E-state index in [0.29, 0.717) is 37.6 Å². The van der Waals surface area contributed by atoms with Gasteiger partial charge in [0.15, 0.2) is 0 Å². The van der Waals surface area contributed by atoms with Crippen LogP contribution in [-0.2, 0) is 9.47 Å². The smallest absolute Gasteiger partial charge is 0.316 e. The zero-order valence-electron chi connectivity index (χ0n) is 12.3. The molecular weight excluding hydrogens is 274 g/mol. The minimum atomic E-state index is -0.671. The molecule has 0 radical (unpaired) electrons. The van der Waals surface area contributed by atoms with Crippen LogP contribution < -0.4 is 11.1 Å². The first kappa shape index (κ1) is 16.9. The van der Waals surface area contributed by atoms with Crippen molar-refractivity contribution in [2.75, 3.05) is 45.8 Å². The Hall–Kier alpha value is -2.12. The van der Waals surface area contributed by atoms with Gasteiger partial charge >= 0.3 is 6.03 Å². The Kier molecular flexibility index (Phi) is 7.20. The topological polar surface area (TPSA) is 93.9 Å². The Bertz CT molecular complexity index is 471. The maximum absolute atomic E-state index is 12.5. The number of hydrogen-bond acceptors (Lipinski definition) is 4. The summed E-state index contributed by atoms with van der Waals surface area (Å²) in [6.07, 6.45) is 0. The van der Waals surface area contributed by atoms with E-state index in [-0.39, 0.29) is 5.91 Å². The lowest BCUT2D eigenvalue weighted by molar-refractivity contribution is 0.0627. The minimum absolute atomic E-state index is 0.155. The summed E-state index contributed by atoms with van der Waals surface area (Å²) in [4.78, 5) is 24.9. The molecule has 0 heterocycles. The van der Waals surface area contributed by atoms with Crippen LogP contribution in [0.2, 0.25) is 0 Å². The largest absolute Gasteiger partial charge is 0.383 e. The molecule has 0 aromatic heterocycles. The molecule has 0 saturated heterocycles. The third-order valence-electron chi connectivity index (χ3n) is 2.79. The summed E-state index contributed by atoms with van der Waals surface area (Å²) in [5.74, 6) is -0.155. The second kappa shape index (κ2) is 8.93. The number of benzene rings is 1. The first-order valence-corrected chi connectivity index (χ1v) is 6.52. The van der Waals surface area contributed by atoms with Crippen molar-refractivity contribution in [3.63, 3.8) is 0 Å². The number of hydrogen-bond donors (Lipinski definition) is 2. The Morgan fingerprint density at radius 1 is 1.19 bits per heavy atom. The van der Waals surface area contributed by atoms with Crippen molar-refractivity contribution in [2.24, 2.45) is 5.73 Å². The number of rotatable bonds is 8. The lowest BCUT2D eigenvalue weighted by Crippen LogP contribution is -2.36. The number of carbonyl (C=O) groups excluding carboxylic acids is 2. The predicted molar refractivity (Wildman–Crippen MR) is 79.3 cm³/mol. The van der Waals surface area contributed by atoms with Crippen molar-refractivity contribution in [2.45, 2.75) is 0 Å². The van der Waals surface area contributed by atoms with Gasteiger partial charge in [-0.15, -0.1) is 0 Å². The molecule has 1 rings (SSSR count). The predicted octanol–water partition coefficient (Wildman–Crippen LogP) is 0.912. The summed E-state index contributed by atoms with van der Waals surface area (Å²) in [5, 5.41) is 2.44. The SMILES string of the molecule is COCCN(CCOC)C(=O)c1cccc(NC(N)=O)c1. The van der Waals surface area contributed by atoms with E-state index in [1.54, 1.807) is 43.4 Å². The summed E-state index contributed by atoms with van der Waals surface area (Å²) in [7, 11) is 3.16. The van der Waals surface area contributed by atoms with Crippen molar-refractivity contribution in [1.82, 2.24) is 4.90 Å². The maximum atomic E-state index is 12.5. The number of carbonyl (C=O) groups is 2. The molecule has 0 bridgehead atoms. The van der Waals surface area contributed by atoms with Crippen LogP contribution in [0.4, 0.5) is 10.5 Å². The number of urea groups is 1. The number of nitrogens with two attached hydrogens (primary N) is 1. The molecule has 0 fully saturated rings. The molecule has 116 valence electrons. The van der Waals surface area contributed by atoms with Gasteiger partial charge in [-0.1, -0.05) is 6.07 Å². The van der Waals surface area contributed by atoms with E-state index in [1.807, 2.05) is 0 Å². The second-order valence-corrected chi connectivity index (χ2v) is 4.35. The highest BCUT2D eigenvalue weighted by Gasteiger charge is 2.15. The monoisotopic (exact) mass is 295 g/mol. The molecule has 1 aromatic rings. The standard InChI is InChI=1S/C14H21N3O4/c1-20-8-6-17(7-9-21-2)13(18)11-4-3-5-12(10-11)16-14(15)19/h3-5,10H,6-9H2,1-2H3,(H3,15,16,19). The molecular formula is C14H21N3O4. The van der Waals surface area contributed by atoms with Crippen molar-refractivity contribution < 1.29 is 19.1 Å². The van der Waals surface area contributed by atoms with Crippen LogP contribution in [-0.4, -0.2) is 57.4 Å². The van der Waals surface area contributed by atoms with Crippen LogP contribution in [0.1, 0.15) is 10.4 Å². The number of nitrogens with one attached hydrogen (secondary N) is 1. The number of amides is 3. The summed E-state index contributed by atoms with van der Waals surface area (Å²) in [6.45, 7) is 1.81. The van der Waals surface area contributed by atoms with Crippen LogP contribution in [0.15, 0.2) is 24.3 Å². The third-order valence-corrected chi connectivity index (χ3v) is 2.79. The molecule has 0 atom stereocenters. The van der Waals surface area contributed by atoms with Gasteiger partial charge in [0.05, 0.1) is 13.2 Å². The van der Waals surface area contributed by atoms with E-state index in [2.05, 4.69) is 5.32 Å². The summed E-state index contributed by atoms with van der Waals surface area (Å²) in [5.41, 5.74) is 6.01. The lowest BCUT2D eigenvalue weighted by atomic mass is 10.1. The van der Waals surface area contributed by atoms with Crippen LogP contribution in [0.3, 0.4) is 0 Å². The molecule has 0 aliphatic heterocycles. The molecule has 21 heavy (non-hydrogen) atoms. The van der Waals surface area contributed by atoms with Gasteiger partial charge in [-0.05, 0) is 18.2 Å². The Morgan fingerprint density at radius 2 is 1.81 bits per heavy atom. The fraction of sp³-hybridized carbons (Fsp3) is 0.429. The molecule has 0 unspecified atom stereocenters. The summed E-state index contributed by atoms with van der Waals surface area (Å²) >= 11 is 0. The minimum Gasteiger partial charge on any atom is -0.383 e. The second-order valence-electron chi connectivity index (χ2n) is 4.35. The van der Waals surface area contributed by atoms with Gasteiger partial charge < -0.3 is 25.4 Å². The van der Waals surface area contributed by atoms with Gasteiger partial charge in [0.1, 0.15) is 0 Å². The fourth-order valence-corrected chi connectivity index (χ4v) is 1.77. The number of ether oxygens (including phenoxy) is 2. The Labute approximate surface area is 124 Å². The number of anilines is 1. The van der Waals surface area contributed by atoms with Gasteiger partial charge in [0.25, 0.3) is 5.91 Å². The zero-order valence-corrected chi connectivity index (χ0v) is 12.3.